The van der Waals surface area contributed by atoms with Crippen molar-refractivity contribution in [1.82, 2.24) is 14.1 Å². The average molecular weight is 496 g/mol. The third-order valence-corrected chi connectivity index (χ3v) is 7.85. The van der Waals surface area contributed by atoms with Gasteiger partial charge in [0, 0.05) is 54.5 Å². The molecule has 0 saturated carbocycles. The highest BCUT2D eigenvalue weighted by atomic mass is 16.5. The second kappa shape index (κ2) is 9.05. The number of aryl methyl sites for hydroxylation is 1. The van der Waals surface area contributed by atoms with Crippen LogP contribution in [0.2, 0.25) is 0 Å². The van der Waals surface area contributed by atoms with Gasteiger partial charge in [-0.2, -0.15) is 0 Å². The molecule has 0 amide bonds. The number of aliphatic hydroxyl groups is 1. The molecular formula is C31H33N3O3. The van der Waals surface area contributed by atoms with Crippen LogP contribution in [0.4, 0.5) is 0 Å². The van der Waals surface area contributed by atoms with Gasteiger partial charge in [0.05, 0.1) is 17.3 Å². The molecule has 6 heteroatoms. The number of hydrogen-bond donors (Lipinski definition) is 2. The second-order valence-corrected chi connectivity index (χ2v) is 10.7. The molecule has 6 rings (SSSR count). The highest BCUT2D eigenvalue weighted by Gasteiger charge is 2.32. The summed E-state index contributed by atoms with van der Waals surface area (Å²) >= 11 is 0. The highest BCUT2D eigenvalue weighted by molar-refractivity contribution is 5.99. The first-order valence-corrected chi connectivity index (χ1v) is 13.0. The highest BCUT2D eigenvalue weighted by Crippen LogP contribution is 2.44. The molecule has 2 N–H and O–H groups in total. The van der Waals surface area contributed by atoms with Crippen LogP contribution in [0.15, 0.2) is 77.9 Å². The minimum absolute atomic E-state index is 0.0758. The van der Waals surface area contributed by atoms with Crippen molar-refractivity contribution in [2.24, 2.45) is 13.0 Å². The maximum absolute atomic E-state index is 12.8. The van der Waals surface area contributed by atoms with Gasteiger partial charge < -0.3 is 24.0 Å². The first-order valence-electron chi connectivity index (χ1n) is 13.0. The van der Waals surface area contributed by atoms with Gasteiger partial charge in [0.2, 0.25) is 0 Å². The molecule has 6 nitrogen and oxygen atoms in total. The fourth-order valence-corrected chi connectivity index (χ4v) is 6.17. The third kappa shape index (κ3) is 4.01. The Labute approximate surface area is 216 Å². The number of fused-ring (bicyclic) bond motifs is 2. The number of hydrogen-bond acceptors (Lipinski definition) is 3. The Morgan fingerprint density at radius 3 is 2.51 bits per heavy atom. The Kier molecular flexibility index (Phi) is 5.81. The van der Waals surface area contributed by atoms with E-state index in [1.165, 1.54) is 5.56 Å². The van der Waals surface area contributed by atoms with E-state index >= 15 is 0 Å². The summed E-state index contributed by atoms with van der Waals surface area (Å²) in [7, 11) is 1.92. The Morgan fingerprint density at radius 1 is 1.03 bits per heavy atom. The van der Waals surface area contributed by atoms with Gasteiger partial charge in [-0.05, 0) is 61.9 Å². The van der Waals surface area contributed by atoms with Crippen LogP contribution in [-0.2, 0) is 17.4 Å². The number of nitrogens with one attached hydrogen (secondary N) is 1. The molecule has 37 heavy (non-hydrogen) atoms. The zero-order valence-corrected chi connectivity index (χ0v) is 21.6. The zero-order valence-electron chi connectivity index (χ0n) is 21.6. The van der Waals surface area contributed by atoms with Crippen molar-refractivity contribution < 1.29 is 9.84 Å². The molecule has 0 spiro atoms. The Balaban J connectivity index is 1.72. The van der Waals surface area contributed by atoms with E-state index in [4.69, 9.17) is 4.74 Å². The molecule has 190 valence electrons. The normalized spacial score (nSPS) is 16.0. The number of nitrogens with zero attached hydrogens (tertiary/aromatic N) is 2. The van der Waals surface area contributed by atoms with E-state index in [1.54, 1.807) is 6.20 Å². The minimum Gasteiger partial charge on any atom is -0.386 e. The monoisotopic (exact) mass is 495 g/mol. The van der Waals surface area contributed by atoms with E-state index in [1.807, 2.05) is 43.7 Å². The molecule has 1 aliphatic rings. The van der Waals surface area contributed by atoms with Crippen LogP contribution in [0.3, 0.4) is 0 Å². The molecule has 0 bridgehead atoms. The number of ether oxygens (including phenoxy) is 1. The second-order valence-electron chi connectivity index (χ2n) is 10.7. The predicted octanol–water partition coefficient (Wildman–Crippen LogP) is 5.73. The lowest BCUT2D eigenvalue weighted by atomic mass is 9.86. The summed E-state index contributed by atoms with van der Waals surface area (Å²) in [5.74, 6) is 0.384. The van der Waals surface area contributed by atoms with Gasteiger partial charge in [-0.15, -0.1) is 0 Å². The standard InChI is InChI=1S/C31H33N3O3/c1-31(2,36)25-10-7-11-26-23(25)18-27(24-19-33(3)29-22(24)12-15-32-30(29)35)34(26)28(20-8-5-4-6-9-20)21-13-16-37-17-14-21/h4-12,15,18-19,21,28,36H,13-14,16-17H2,1-3H3,(H,32,35). The molecule has 5 aromatic rings. The lowest BCUT2D eigenvalue weighted by molar-refractivity contribution is 0.0550. The summed E-state index contributed by atoms with van der Waals surface area (Å²) < 4.78 is 10.1. The first kappa shape index (κ1) is 23.8. The van der Waals surface area contributed by atoms with Crippen LogP contribution in [0.25, 0.3) is 33.1 Å². The number of H-pyrrole nitrogens is 1. The molecule has 4 heterocycles. The van der Waals surface area contributed by atoms with Crippen LogP contribution < -0.4 is 5.56 Å². The van der Waals surface area contributed by atoms with E-state index in [2.05, 4.69) is 58.2 Å². The van der Waals surface area contributed by atoms with Crippen LogP contribution in [0, 0.1) is 5.92 Å². The van der Waals surface area contributed by atoms with Gasteiger partial charge in [0.1, 0.15) is 5.52 Å². The molecule has 1 atom stereocenters. The molecular weight excluding hydrogens is 462 g/mol. The summed E-state index contributed by atoms with van der Waals surface area (Å²) in [5, 5.41) is 13.0. The van der Waals surface area contributed by atoms with Crippen LogP contribution >= 0.6 is 0 Å². The van der Waals surface area contributed by atoms with E-state index in [-0.39, 0.29) is 11.6 Å². The fourth-order valence-electron chi connectivity index (χ4n) is 6.17. The fraction of sp³-hybridized carbons (Fsp3) is 0.323. The topological polar surface area (TPSA) is 72.2 Å². The molecule has 1 saturated heterocycles. The van der Waals surface area contributed by atoms with Crippen LogP contribution in [0.5, 0.6) is 0 Å². The van der Waals surface area contributed by atoms with Crippen molar-refractivity contribution in [1.29, 1.82) is 0 Å². The predicted molar refractivity (Wildman–Crippen MR) is 148 cm³/mol. The maximum atomic E-state index is 12.8. The van der Waals surface area contributed by atoms with E-state index < -0.39 is 5.60 Å². The maximum Gasteiger partial charge on any atom is 0.272 e. The van der Waals surface area contributed by atoms with Crippen molar-refractivity contribution in [2.75, 3.05) is 13.2 Å². The van der Waals surface area contributed by atoms with E-state index in [0.717, 1.165) is 59.2 Å². The van der Waals surface area contributed by atoms with Gasteiger partial charge >= 0.3 is 0 Å². The Hall–Kier alpha value is -3.61. The number of aromatic nitrogens is 3. The molecule has 3 aromatic heterocycles. The summed E-state index contributed by atoms with van der Waals surface area (Å²) in [6, 6.07) is 21.2. The Bertz CT molecular complexity index is 1630. The number of benzene rings is 2. The van der Waals surface area contributed by atoms with Crippen molar-refractivity contribution in [3.05, 3.63) is 94.5 Å². The zero-order chi connectivity index (χ0) is 25.7. The minimum atomic E-state index is -1.00. The molecule has 1 unspecified atom stereocenters. The number of pyridine rings is 1. The number of aromatic amines is 1. The van der Waals surface area contributed by atoms with E-state index in [9.17, 15) is 9.90 Å². The molecule has 0 aliphatic carbocycles. The molecule has 0 radical (unpaired) electrons. The molecule has 1 fully saturated rings. The third-order valence-electron chi connectivity index (χ3n) is 7.85. The quantitative estimate of drug-likeness (QED) is 0.327. The van der Waals surface area contributed by atoms with Gasteiger partial charge in [-0.25, -0.2) is 0 Å². The summed E-state index contributed by atoms with van der Waals surface area (Å²) in [6.45, 7) is 5.18. The van der Waals surface area contributed by atoms with Crippen molar-refractivity contribution in [2.45, 2.75) is 38.3 Å². The smallest absolute Gasteiger partial charge is 0.272 e. The summed E-state index contributed by atoms with van der Waals surface area (Å²) in [5.41, 5.74) is 4.82. The van der Waals surface area contributed by atoms with Gasteiger partial charge in [-0.3, -0.25) is 4.79 Å². The van der Waals surface area contributed by atoms with Gasteiger partial charge in [0.25, 0.3) is 5.56 Å². The first-order chi connectivity index (χ1) is 17.8. The van der Waals surface area contributed by atoms with Crippen molar-refractivity contribution in [3.63, 3.8) is 0 Å². The van der Waals surface area contributed by atoms with Crippen LogP contribution in [0.1, 0.15) is 43.9 Å². The molecule has 1 aliphatic heterocycles. The Morgan fingerprint density at radius 2 is 1.78 bits per heavy atom. The summed E-state index contributed by atoms with van der Waals surface area (Å²) in [6.07, 6.45) is 5.72. The van der Waals surface area contributed by atoms with E-state index in [0.29, 0.717) is 11.4 Å². The van der Waals surface area contributed by atoms with Crippen molar-refractivity contribution in [3.8, 4) is 11.3 Å². The lowest BCUT2D eigenvalue weighted by Crippen LogP contribution is -2.27. The largest absolute Gasteiger partial charge is 0.386 e. The number of rotatable bonds is 5. The summed E-state index contributed by atoms with van der Waals surface area (Å²) in [4.78, 5) is 15.6. The SMILES string of the molecule is Cn1cc(-c2cc3c(C(C)(C)O)cccc3n2C(c2ccccc2)C2CCOCC2)c2cc[nH]c(=O)c21. The average Bonchev–Trinajstić information content (AvgIpc) is 3.43. The molecule has 2 aromatic carbocycles. The van der Waals surface area contributed by atoms with Crippen molar-refractivity contribution >= 4 is 21.8 Å². The van der Waals surface area contributed by atoms with Crippen LogP contribution in [-0.4, -0.2) is 32.4 Å². The van der Waals surface area contributed by atoms with Gasteiger partial charge in [-0.1, -0.05) is 42.5 Å². The van der Waals surface area contributed by atoms with Gasteiger partial charge in [0.15, 0.2) is 0 Å². The lowest BCUT2D eigenvalue weighted by Gasteiger charge is -2.34.